The number of amidine groups is 1. The van der Waals surface area contributed by atoms with Gasteiger partial charge in [0.25, 0.3) is 10.0 Å². The molecule has 1 aromatic carbocycles. The van der Waals surface area contributed by atoms with Crippen molar-refractivity contribution in [1.29, 1.82) is 0 Å². The van der Waals surface area contributed by atoms with E-state index in [0.29, 0.717) is 16.3 Å². The molecule has 0 fully saturated rings. The average molecular weight is 210 g/mol. The minimum absolute atomic E-state index is 0.318. The van der Waals surface area contributed by atoms with Gasteiger partial charge < -0.3 is 0 Å². The molecule has 0 radical (unpaired) electrons. The molecular formula is C9H10N2O2S. The highest BCUT2D eigenvalue weighted by Crippen LogP contribution is 2.25. The Bertz CT molecular complexity index is 518. The Hall–Kier alpha value is -1.36. The van der Waals surface area contributed by atoms with Crippen LogP contribution in [0.5, 0.6) is 0 Å². The Morgan fingerprint density at radius 1 is 1.36 bits per heavy atom. The Kier molecular flexibility index (Phi) is 1.85. The van der Waals surface area contributed by atoms with Crippen LogP contribution in [0.4, 0.5) is 0 Å². The molecular weight excluding hydrogens is 200 g/mol. The maximum Gasteiger partial charge on any atom is 0.263 e. The molecule has 1 aliphatic heterocycles. The first kappa shape index (κ1) is 9.21. The standard InChI is InChI=1S/C9H10N2O2S/c1-6-4-3-5-7-8(6)9(10-2)11-14(7,12)13/h3-5H,1-2H3,(H,10,11). The van der Waals surface area contributed by atoms with E-state index in [1.54, 1.807) is 19.2 Å². The Balaban J connectivity index is 2.85. The first-order valence-electron chi connectivity index (χ1n) is 4.16. The third kappa shape index (κ3) is 1.13. The van der Waals surface area contributed by atoms with Crippen molar-refractivity contribution in [3.8, 4) is 0 Å². The van der Waals surface area contributed by atoms with E-state index in [1.165, 1.54) is 0 Å². The quantitative estimate of drug-likeness (QED) is 0.684. The summed E-state index contributed by atoms with van der Waals surface area (Å²) < 4.78 is 25.6. The van der Waals surface area contributed by atoms with Crippen molar-refractivity contribution in [2.24, 2.45) is 4.99 Å². The van der Waals surface area contributed by atoms with Gasteiger partial charge in [0.2, 0.25) is 0 Å². The van der Waals surface area contributed by atoms with E-state index in [2.05, 4.69) is 9.71 Å². The monoisotopic (exact) mass is 210 g/mol. The van der Waals surface area contributed by atoms with Crippen LogP contribution in [-0.4, -0.2) is 21.3 Å². The van der Waals surface area contributed by atoms with Crippen LogP contribution >= 0.6 is 0 Å². The lowest BCUT2D eigenvalue weighted by Crippen LogP contribution is -2.22. The maximum atomic E-state index is 11.6. The Labute approximate surface area is 82.7 Å². The number of benzene rings is 1. The fraction of sp³-hybridized carbons (Fsp3) is 0.222. The Morgan fingerprint density at radius 3 is 2.71 bits per heavy atom. The Morgan fingerprint density at radius 2 is 2.07 bits per heavy atom. The van der Waals surface area contributed by atoms with Gasteiger partial charge in [-0.3, -0.25) is 9.71 Å². The summed E-state index contributed by atoms with van der Waals surface area (Å²) in [5.41, 5.74) is 1.60. The minimum Gasteiger partial charge on any atom is -0.271 e. The summed E-state index contributed by atoms with van der Waals surface area (Å²) >= 11 is 0. The molecule has 0 bridgehead atoms. The largest absolute Gasteiger partial charge is 0.271 e. The van der Waals surface area contributed by atoms with E-state index in [1.807, 2.05) is 13.0 Å². The predicted octanol–water partition coefficient (Wildman–Crippen LogP) is 0.663. The van der Waals surface area contributed by atoms with Crippen molar-refractivity contribution in [3.05, 3.63) is 29.3 Å². The van der Waals surface area contributed by atoms with Crippen LogP contribution < -0.4 is 4.72 Å². The molecule has 1 aliphatic rings. The molecule has 0 unspecified atom stereocenters. The average Bonchev–Trinajstić information content (AvgIpc) is 2.40. The molecule has 1 aromatic rings. The van der Waals surface area contributed by atoms with Gasteiger partial charge in [0.05, 0.1) is 4.90 Å². The summed E-state index contributed by atoms with van der Waals surface area (Å²) in [7, 11) is -1.80. The number of aliphatic imine (C=N–C) groups is 1. The van der Waals surface area contributed by atoms with Crippen LogP contribution in [0.3, 0.4) is 0 Å². The maximum absolute atomic E-state index is 11.6. The number of fused-ring (bicyclic) bond motifs is 1. The fourth-order valence-corrected chi connectivity index (χ4v) is 2.90. The van der Waals surface area contributed by atoms with Crippen molar-refractivity contribution in [3.63, 3.8) is 0 Å². The minimum atomic E-state index is -3.37. The highest BCUT2D eigenvalue weighted by Gasteiger charge is 2.31. The zero-order valence-corrected chi connectivity index (χ0v) is 8.72. The normalized spacial score (nSPS) is 20.6. The molecule has 5 heteroatoms. The lowest BCUT2D eigenvalue weighted by atomic mass is 10.1. The predicted molar refractivity (Wildman–Crippen MR) is 54.0 cm³/mol. The van der Waals surface area contributed by atoms with E-state index >= 15 is 0 Å². The van der Waals surface area contributed by atoms with E-state index in [4.69, 9.17) is 0 Å². The van der Waals surface area contributed by atoms with Gasteiger partial charge in [0.15, 0.2) is 0 Å². The molecule has 0 atom stereocenters. The molecule has 0 aromatic heterocycles. The van der Waals surface area contributed by atoms with Crippen LogP contribution in [0.2, 0.25) is 0 Å². The van der Waals surface area contributed by atoms with Crippen LogP contribution in [-0.2, 0) is 10.0 Å². The fourth-order valence-electron chi connectivity index (χ4n) is 1.56. The van der Waals surface area contributed by atoms with Gasteiger partial charge in [-0.1, -0.05) is 12.1 Å². The van der Waals surface area contributed by atoms with Gasteiger partial charge in [0.1, 0.15) is 5.84 Å². The number of aryl methyl sites for hydroxylation is 1. The highest BCUT2D eigenvalue weighted by atomic mass is 32.2. The summed E-state index contributed by atoms with van der Waals surface area (Å²) in [5, 5.41) is 0. The van der Waals surface area contributed by atoms with Crippen LogP contribution in [0, 0.1) is 6.92 Å². The van der Waals surface area contributed by atoms with Crippen LogP contribution in [0.15, 0.2) is 28.1 Å². The number of hydrogen-bond acceptors (Lipinski definition) is 3. The van der Waals surface area contributed by atoms with Gasteiger partial charge in [-0.2, -0.15) is 0 Å². The molecule has 0 saturated heterocycles. The van der Waals surface area contributed by atoms with Crippen molar-refractivity contribution in [2.75, 3.05) is 7.05 Å². The van der Waals surface area contributed by atoms with Crippen molar-refractivity contribution in [1.82, 2.24) is 4.72 Å². The lowest BCUT2D eigenvalue weighted by Gasteiger charge is -1.99. The smallest absolute Gasteiger partial charge is 0.263 e. The summed E-state index contributed by atoms with van der Waals surface area (Å²) in [6, 6.07) is 5.18. The first-order valence-corrected chi connectivity index (χ1v) is 5.64. The molecule has 0 amide bonds. The highest BCUT2D eigenvalue weighted by molar-refractivity contribution is 7.90. The second-order valence-corrected chi connectivity index (χ2v) is 4.78. The second-order valence-electron chi connectivity index (χ2n) is 3.13. The van der Waals surface area contributed by atoms with Gasteiger partial charge >= 0.3 is 0 Å². The summed E-state index contributed by atoms with van der Waals surface area (Å²) in [4.78, 5) is 4.23. The molecule has 1 heterocycles. The molecule has 4 nitrogen and oxygen atoms in total. The van der Waals surface area contributed by atoms with E-state index in [9.17, 15) is 8.42 Å². The first-order chi connectivity index (χ1) is 6.56. The van der Waals surface area contributed by atoms with E-state index < -0.39 is 10.0 Å². The third-order valence-electron chi connectivity index (χ3n) is 2.22. The number of hydrogen-bond donors (Lipinski definition) is 1. The summed E-state index contributed by atoms with van der Waals surface area (Å²) in [6.07, 6.45) is 0. The van der Waals surface area contributed by atoms with E-state index in [-0.39, 0.29) is 0 Å². The van der Waals surface area contributed by atoms with Gasteiger partial charge in [-0.05, 0) is 18.6 Å². The molecule has 0 aliphatic carbocycles. The zero-order valence-electron chi connectivity index (χ0n) is 7.90. The van der Waals surface area contributed by atoms with Gasteiger partial charge in [-0.25, -0.2) is 8.42 Å². The number of nitrogens with one attached hydrogen (secondary N) is 1. The van der Waals surface area contributed by atoms with Gasteiger partial charge in [-0.15, -0.1) is 0 Å². The van der Waals surface area contributed by atoms with Crippen molar-refractivity contribution in [2.45, 2.75) is 11.8 Å². The van der Waals surface area contributed by atoms with Crippen LogP contribution in [0.1, 0.15) is 11.1 Å². The summed E-state index contributed by atoms with van der Waals surface area (Å²) in [6.45, 7) is 1.87. The SMILES string of the molecule is CN=C1NS(=O)(=O)c2cccc(C)c21. The zero-order chi connectivity index (χ0) is 10.3. The van der Waals surface area contributed by atoms with Crippen molar-refractivity contribution >= 4 is 15.9 Å². The lowest BCUT2D eigenvalue weighted by molar-refractivity contribution is 0.595. The van der Waals surface area contributed by atoms with Crippen LogP contribution in [0.25, 0.3) is 0 Å². The number of nitrogens with zero attached hydrogens (tertiary/aromatic N) is 1. The second kappa shape index (κ2) is 2.81. The topological polar surface area (TPSA) is 58.5 Å². The number of rotatable bonds is 0. The summed E-state index contributed by atoms with van der Waals surface area (Å²) in [5.74, 6) is 0.429. The molecule has 1 N–H and O–H groups in total. The molecule has 14 heavy (non-hydrogen) atoms. The molecule has 0 saturated carbocycles. The molecule has 0 spiro atoms. The van der Waals surface area contributed by atoms with Crippen molar-refractivity contribution < 1.29 is 8.42 Å². The number of sulfonamides is 1. The third-order valence-corrected chi connectivity index (χ3v) is 3.60. The molecule has 2 rings (SSSR count). The van der Waals surface area contributed by atoms with Gasteiger partial charge in [0, 0.05) is 12.6 Å². The van der Waals surface area contributed by atoms with E-state index in [0.717, 1.165) is 5.56 Å². The molecule has 74 valence electrons.